The summed E-state index contributed by atoms with van der Waals surface area (Å²) in [4.78, 5) is 13.6. The number of carboxylic acid groups (broad SMARTS) is 1. The highest BCUT2D eigenvalue weighted by atomic mass is 16.4. The van der Waals surface area contributed by atoms with Gasteiger partial charge in [0.15, 0.2) is 5.69 Å². The fourth-order valence-electron chi connectivity index (χ4n) is 0.470. The molecule has 9 heavy (non-hydrogen) atoms. The molecule has 0 fully saturated rings. The van der Waals surface area contributed by atoms with Crippen LogP contribution in [0, 0.1) is 0 Å². The molecule has 0 aliphatic heterocycles. The maximum absolute atomic E-state index is 10.1. The van der Waals surface area contributed by atoms with Gasteiger partial charge in [-0.2, -0.15) is 0 Å². The van der Waals surface area contributed by atoms with Crippen LogP contribution >= 0.6 is 0 Å². The zero-order valence-electron chi connectivity index (χ0n) is 4.48. The van der Waals surface area contributed by atoms with Crippen LogP contribution in [-0.2, 0) is 0 Å². The van der Waals surface area contributed by atoms with Crippen LogP contribution in [0.1, 0.15) is 10.5 Å². The number of nitrogens with two attached hydrogens (primary N) is 1. The first kappa shape index (κ1) is 5.61. The third-order valence-electron chi connectivity index (χ3n) is 0.885. The van der Waals surface area contributed by atoms with Crippen molar-refractivity contribution in [3.05, 3.63) is 18.2 Å². The maximum atomic E-state index is 10.1. The van der Waals surface area contributed by atoms with Crippen molar-refractivity contribution in [3.63, 3.8) is 0 Å². The van der Waals surface area contributed by atoms with E-state index in [9.17, 15) is 4.79 Å². The molecule has 1 heterocycles. The molecule has 0 aliphatic carbocycles. The molecule has 0 amide bonds. The quantitative estimate of drug-likeness (QED) is 0.488. The summed E-state index contributed by atoms with van der Waals surface area (Å²) in [6.45, 7) is 0. The van der Waals surface area contributed by atoms with Crippen LogP contribution in [0.15, 0.2) is 12.5 Å². The highest BCUT2D eigenvalue weighted by Crippen LogP contribution is 1.91. The predicted molar refractivity (Wildman–Crippen MR) is 29.3 cm³/mol. The Balaban J connectivity index is 3.08. The normalized spacial score (nSPS) is 9.33. The van der Waals surface area contributed by atoms with Gasteiger partial charge in [-0.05, 0) is 0 Å². The molecule has 1 rings (SSSR count). The smallest absolute Gasteiger partial charge is 0.356 e. The summed E-state index contributed by atoms with van der Waals surface area (Å²) in [7, 11) is 0. The average Bonchev–Trinajstić information content (AvgIpc) is 2.13. The number of nitrogens with zero attached hydrogens (tertiary/aromatic N) is 2. The number of imidazole rings is 1. The maximum Gasteiger partial charge on any atom is 0.356 e. The van der Waals surface area contributed by atoms with E-state index in [4.69, 9.17) is 10.9 Å². The summed E-state index contributed by atoms with van der Waals surface area (Å²) < 4.78 is 0.947. The number of hydrogen-bond acceptors (Lipinski definition) is 3. The van der Waals surface area contributed by atoms with Gasteiger partial charge in [0.25, 0.3) is 0 Å². The number of hydrogen-bond donors (Lipinski definition) is 2. The van der Waals surface area contributed by atoms with Gasteiger partial charge in [0.2, 0.25) is 0 Å². The first-order chi connectivity index (χ1) is 4.22. The summed E-state index contributed by atoms with van der Waals surface area (Å²) in [5.41, 5.74) is -0.0185. The number of aromatic carboxylic acids is 1. The lowest BCUT2D eigenvalue weighted by Crippen LogP contribution is -2.14. The largest absolute Gasteiger partial charge is 0.476 e. The number of rotatable bonds is 1. The van der Waals surface area contributed by atoms with E-state index in [0.29, 0.717) is 0 Å². The SMILES string of the molecule is Nn1cncc1C(=O)O. The van der Waals surface area contributed by atoms with Crippen LogP contribution in [-0.4, -0.2) is 20.7 Å². The van der Waals surface area contributed by atoms with Crippen molar-refractivity contribution in [3.8, 4) is 0 Å². The van der Waals surface area contributed by atoms with Crippen LogP contribution in [0.25, 0.3) is 0 Å². The molecule has 0 radical (unpaired) electrons. The fraction of sp³-hybridized carbons (Fsp3) is 0. The van der Waals surface area contributed by atoms with Gasteiger partial charge >= 0.3 is 5.97 Å². The standard InChI is InChI=1S/C4H5N3O2/c5-7-2-6-1-3(7)4(8)9/h1-2H,5H2,(H,8,9). The zero-order chi connectivity index (χ0) is 6.85. The van der Waals surface area contributed by atoms with E-state index in [0.717, 1.165) is 4.68 Å². The molecule has 1 aromatic heterocycles. The van der Waals surface area contributed by atoms with Crippen molar-refractivity contribution in [2.75, 3.05) is 5.84 Å². The average molecular weight is 127 g/mol. The van der Waals surface area contributed by atoms with Crippen LogP contribution in [0.2, 0.25) is 0 Å². The molecule has 48 valence electrons. The number of carboxylic acids is 1. The second kappa shape index (κ2) is 1.77. The molecule has 0 bridgehead atoms. The minimum atomic E-state index is -1.07. The highest BCUT2D eigenvalue weighted by Gasteiger charge is 2.05. The molecule has 5 nitrogen and oxygen atoms in total. The van der Waals surface area contributed by atoms with Gasteiger partial charge in [-0.15, -0.1) is 0 Å². The van der Waals surface area contributed by atoms with E-state index in [1.165, 1.54) is 12.5 Å². The second-order valence-corrected chi connectivity index (χ2v) is 1.49. The van der Waals surface area contributed by atoms with Crippen LogP contribution in [0.3, 0.4) is 0 Å². The van der Waals surface area contributed by atoms with Crippen molar-refractivity contribution in [2.24, 2.45) is 0 Å². The lowest BCUT2D eigenvalue weighted by atomic mass is 10.5. The van der Waals surface area contributed by atoms with Crippen molar-refractivity contribution < 1.29 is 9.90 Å². The van der Waals surface area contributed by atoms with Crippen molar-refractivity contribution in [2.45, 2.75) is 0 Å². The van der Waals surface area contributed by atoms with Gasteiger partial charge in [0, 0.05) is 0 Å². The van der Waals surface area contributed by atoms with Gasteiger partial charge in [0.1, 0.15) is 6.33 Å². The van der Waals surface area contributed by atoms with Gasteiger partial charge in [-0.3, -0.25) is 0 Å². The molecule has 1 aromatic rings. The molecular weight excluding hydrogens is 122 g/mol. The summed E-state index contributed by atoms with van der Waals surface area (Å²) in [6, 6.07) is 0. The zero-order valence-corrected chi connectivity index (χ0v) is 4.48. The van der Waals surface area contributed by atoms with E-state index < -0.39 is 5.97 Å². The molecule has 0 aromatic carbocycles. The monoisotopic (exact) mass is 127 g/mol. The summed E-state index contributed by atoms with van der Waals surface area (Å²) >= 11 is 0. The highest BCUT2D eigenvalue weighted by molar-refractivity contribution is 5.85. The van der Waals surface area contributed by atoms with E-state index in [2.05, 4.69) is 4.98 Å². The summed E-state index contributed by atoms with van der Waals surface area (Å²) in [5.74, 6) is 4.04. The molecule has 0 unspecified atom stereocenters. The van der Waals surface area contributed by atoms with Crippen molar-refractivity contribution >= 4 is 5.97 Å². The minimum Gasteiger partial charge on any atom is -0.476 e. The topological polar surface area (TPSA) is 81.1 Å². The lowest BCUT2D eigenvalue weighted by molar-refractivity contribution is 0.0687. The molecule has 3 N–H and O–H groups in total. The fourth-order valence-corrected chi connectivity index (χ4v) is 0.470. The molecule has 5 heteroatoms. The van der Waals surface area contributed by atoms with Gasteiger partial charge in [-0.1, -0.05) is 0 Å². The van der Waals surface area contributed by atoms with E-state index in [1.54, 1.807) is 0 Å². The Kier molecular flexibility index (Phi) is 1.11. The number of carbonyl (C=O) groups is 1. The predicted octanol–water partition coefficient (Wildman–Crippen LogP) is -0.705. The Bertz CT molecular complexity index is 229. The molecule has 0 spiro atoms. The third kappa shape index (κ3) is 0.835. The first-order valence-electron chi connectivity index (χ1n) is 2.22. The molecule has 0 atom stereocenters. The molecule has 0 saturated heterocycles. The second-order valence-electron chi connectivity index (χ2n) is 1.49. The lowest BCUT2D eigenvalue weighted by Gasteiger charge is -1.91. The molecule has 0 saturated carbocycles. The third-order valence-corrected chi connectivity index (χ3v) is 0.885. The Labute approximate surface area is 50.7 Å². The Morgan fingerprint density at radius 2 is 2.56 bits per heavy atom. The van der Waals surface area contributed by atoms with Crippen LogP contribution in [0.5, 0.6) is 0 Å². The van der Waals surface area contributed by atoms with E-state index in [1.807, 2.05) is 0 Å². The molecule has 0 aliphatic rings. The van der Waals surface area contributed by atoms with E-state index >= 15 is 0 Å². The Hall–Kier alpha value is -1.52. The van der Waals surface area contributed by atoms with Gasteiger partial charge < -0.3 is 10.9 Å². The first-order valence-corrected chi connectivity index (χ1v) is 2.22. The minimum absolute atomic E-state index is 0.0185. The summed E-state index contributed by atoms with van der Waals surface area (Å²) in [5, 5.41) is 8.31. The van der Waals surface area contributed by atoms with E-state index in [-0.39, 0.29) is 5.69 Å². The Morgan fingerprint density at radius 1 is 1.89 bits per heavy atom. The number of nitrogen functional groups attached to an aromatic ring is 1. The summed E-state index contributed by atoms with van der Waals surface area (Å²) in [6.07, 6.45) is 2.41. The van der Waals surface area contributed by atoms with Crippen LogP contribution in [0.4, 0.5) is 0 Å². The number of aromatic nitrogens is 2. The molecular formula is C4H5N3O2. The van der Waals surface area contributed by atoms with Gasteiger partial charge in [0.05, 0.1) is 6.20 Å². The Morgan fingerprint density at radius 3 is 2.78 bits per heavy atom. The van der Waals surface area contributed by atoms with Crippen LogP contribution < -0.4 is 5.84 Å². The van der Waals surface area contributed by atoms with Crippen molar-refractivity contribution in [1.29, 1.82) is 0 Å². The van der Waals surface area contributed by atoms with Crippen molar-refractivity contribution in [1.82, 2.24) is 9.66 Å². The van der Waals surface area contributed by atoms with Gasteiger partial charge in [-0.25, -0.2) is 14.5 Å².